The molecule has 0 unspecified atom stereocenters. The SMILES string of the molecule is Clc1nc2c(Br)cccc2s1. The summed E-state index contributed by atoms with van der Waals surface area (Å²) in [4.78, 5) is 4.15. The molecular formula is C7H3BrClNS. The fourth-order valence-electron chi connectivity index (χ4n) is 0.888. The number of rotatable bonds is 0. The Bertz CT molecular complexity index is 398. The molecular weight excluding hydrogens is 246 g/mol. The molecule has 0 aliphatic rings. The summed E-state index contributed by atoms with van der Waals surface area (Å²) in [5, 5.41) is 0. The summed E-state index contributed by atoms with van der Waals surface area (Å²) in [6.45, 7) is 0. The predicted molar refractivity (Wildman–Crippen MR) is 52.3 cm³/mol. The molecule has 0 amide bonds. The molecule has 0 radical (unpaired) electrons. The highest BCUT2D eigenvalue weighted by atomic mass is 79.9. The van der Waals surface area contributed by atoms with Crippen LogP contribution in [0.5, 0.6) is 0 Å². The van der Waals surface area contributed by atoms with Crippen LogP contribution in [-0.2, 0) is 0 Å². The van der Waals surface area contributed by atoms with Crippen molar-refractivity contribution in [1.29, 1.82) is 0 Å². The Balaban J connectivity index is 2.90. The van der Waals surface area contributed by atoms with Gasteiger partial charge in [0.1, 0.15) is 0 Å². The van der Waals surface area contributed by atoms with Crippen LogP contribution in [0.4, 0.5) is 0 Å². The van der Waals surface area contributed by atoms with E-state index in [-0.39, 0.29) is 0 Å². The van der Waals surface area contributed by atoms with Crippen LogP contribution in [0.2, 0.25) is 4.47 Å². The quantitative estimate of drug-likeness (QED) is 0.692. The van der Waals surface area contributed by atoms with Gasteiger partial charge in [-0.2, -0.15) is 0 Å². The third-order valence-corrected chi connectivity index (χ3v) is 3.11. The Morgan fingerprint density at radius 3 is 3.00 bits per heavy atom. The molecule has 0 aliphatic heterocycles. The number of benzene rings is 1. The topological polar surface area (TPSA) is 12.9 Å². The smallest absolute Gasteiger partial charge is 0.184 e. The molecule has 1 aromatic carbocycles. The van der Waals surface area contributed by atoms with Gasteiger partial charge in [-0.25, -0.2) is 4.98 Å². The molecule has 0 saturated carbocycles. The largest absolute Gasteiger partial charge is 0.224 e. The molecule has 0 saturated heterocycles. The van der Waals surface area contributed by atoms with Crippen LogP contribution < -0.4 is 0 Å². The molecule has 11 heavy (non-hydrogen) atoms. The summed E-state index contributed by atoms with van der Waals surface area (Å²) in [5.41, 5.74) is 0.947. The number of nitrogens with zero attached hydrogens (tertiary/aromatic N) is 1. The Kier molecular flexibility index (Phi) is 1.87. The average Bonchev–Trinajstić information content (AvgIpc) is 2.31. The monoisotopic (exact) mass is 247 g/mol. The second-order valence-corrected chi connectivity index (χ2v) is 4.52. The molecule has 0 spiro atoms. The Morgan fingerprint density at radius 2 is 2.27 bits per heavy atom. The highest BCUT2D eigenvalue weighted by Crippen LogP contribution is 2.30. The van der Waals surface area contributed by atoms with Gasteiger partial charge >= 0.3 is 0 Å². The van der Waals surface area contributed by atoms with Gasteiger partial charge in [0.05, 0.1) is 10.2 Å². The molecule has 0 bridgehead atoms. The maximum atomic E-state index is 5.74. The highest BCUT2D eigenvalue weighted by Gasteiger charge is 2.02. The minimum Gasteiger partial charge on any atom is -0.224 e. The van der Waals surface area contributed by atoms with E-state index in [2.05, 4.69) is 20.9 Å². The van der Waals surface area contributed by atoms with Gasteiger partial charge in [0.2, 0.25) is 0 Å². The molecule has 2 aromatic rings. The van der Waals surface area contributed by atoms with Gasteiger partial charge in [-0.05, 0) is 28.1 Å². The van der Waals surface area contributed by atoms with Crippen molar-refractivity contribution in [2.45, 2.75) is 0 Å². The van der Waals surface area contributed by atoms with Crippen LogP contribution in [0.3, 0.4) is 0 Å². The van der Waals surface area contributed by atoms with Crippen molar-refractivity contribution in [2.75, 3.05) is 0 Å². The molecule has 0 atom stereocenters. The van der Waals surface area contributed by atoms with Crippen molar-refractivity contribution in [2.24, 2.45) is 0 Å². The number of para-hydroxylation sites is 1. The lowest BCUT2D eigenvalue weighted by atomic mass is 10.3. The Morgan fingerprint density at radius 1 is 1.45 bits per heavy atom. The lowest BCUT2D eigenvalue weighted by Gasteiger charge is -1.88. The average molecular weight is 249 g/mol. The van der Waals surface area contributed by atoms with Crippen molar-refractivity contribution in [3.05, 3.63) is 27.1 Å². The molecule has 0 aliphatic carbocycles. The van der Waals surface area contributed by atoms with Gasteiger partial charge < -0.3 is 0 Å². The lowest BCUT2D eigenvalue weighted by molar-refractivity contribution is 1.48. The minimum atomic E-state index is 0.590. The third-order valence-electron chi connectivity index (χ3n) is 1.34. The number of thiazole rings is 1. The Hall–Kier alpha value is -0.120. The van der Waals surface area contributed by atoms with E-state index in [0.29, 0.717) is 4.47 Å². The first kappa shape index (κ1) is 7.53. The van der Waals surface area contributed by atoms with Crippen LogP contribution in [0.15, 0.2) is 22.7 Å². The van der Waals surface area contributed by atoms with Crippen LogP contribution in [0, 0.1) is 0 Å². The van der Waals surface area contributed by atoms with Crippen LogP contribution in [0.25, 0.3) is 10.2 Å². The molecule has 1 aromatic heterocycles. The zero-order chi connectivity index (χ0) is 7.84. The summed E-state index contributed by atoms with van der Waals surface area (Å²) in [7, 11) is 0. The first-order valence-electron chi connectivity index (χ1n) is 2.98. The fraction of sp³-hybridized carbons (Fsp3) is 0. The first-order valence-corrected chi connectivity index (χ1v) is 4.96. The number of hydrogen-bond acceptors (Lipinski definition) is 2. The van der Waals surface area contributed by atoms with E-state index in [9.17, 15) is 0 Å². The molecule has 0 N–H and O–H groups in total. The summed E-state index contributed by atoms with van der Waals surface area (Å²) in [5.74, 6) is 0. The van der Waals surface area contributed by atoms with Gasteiger partial charge in [-0.1, -0.05) is 17.7 Å². The van der Waals surface area contributed by atoms with Crippen LogP contribution >= 0.6 is 38.9 Å². The van der Waals surface area contributed by atoms with Crippen LogP contribution in [-0.4, -0.2) is 4.98 Å². The molecule has 2 rings (SSSR count). The second kappa shape index (κ2) is 2.73. The maximum absolute atomic E-state index is 5.74. The van der Waals surface area contributed by atoms with Crippen molar-refractivity contribution >= 4 is 49.1 Å². The van der Waals surface area contributed by atoms with Gasteiger partial charge in [0.15, 0.2) is 4.47 Å². The van der Waals surface area contributed by atoms with Gasteiger partial charge in [-0.3, -0.25) is 0 Å². The standard InChI is InChI=1S/C7H3BrClNS/c8-4-2-1-3-5-6(4)10-7(9)11-5/h1-3H. The van der Waals surface area contributed by atoms with Crippen molar-refractivity contribution in [1.82, 2.24) is 4.98 Å². The highest BCUT2D eigenvalue weighted by molar-refractivity contribution is 9.10. The molecule has 1 nitrogen and oxygen atoms in total. The van der Waals surface area contributed by atoms with E-state index in [1.54, 1.807) is 0 Å². The predicted octanol–water partition coefficient (Wildman–Crippen LogP) is 3.71. The third kappa shape index (κ3) is 1.28. The molecule has 56 valence electrons. The zero-order valence-corrected chi connectivity index (χ0v) is 8.50. The van der Waals surface area contributed by atoms with Gasteiger partial charge in [0.25, 0.3) is 0 Å². The van der Waals surface area contributed by atoms with E-state index in [4.69, 9.17) is 11.6 Å². The number of aromatic nitrogens is 1. The number of fused-ring (bicyclic) bond motifs is 1. The van der Waals surface area contributed by atoms with Gasteiger partial charge in [-0.15, -0.1) is 11.3 Å². The van der Waals surface area contributed by atoms with E-state index in [1.807, 2.05) is 18.2 Å². The van der Waals surface area contributed by atoms with Crippen LogP contribution in [0.1, 0.15) is 0 Å². The molecule has 1 heterocycles. The summed E-state index contributed by atoms with van der Waals surface area (Å²) >= 11 is 10.6. The van der Waals surface area contributed by atoms with E-state index in [0.717, 1.165) is 14.7 Å². The number of hydrogen-bond donors (Lipinski definition) is 0. The van der Waals surface area contributed by atoms with Gasteiger partial charge in [0, 0.05) is 4.47 Å². The minimum absolute atomic E-state index is 0.590. The lowest BCUT2D eigenvalue weighted by Crippen LogP contribution is -1.68. The van der Waals surface area contributed by atoms with Crippen molar-refractivity contribution in [3.63, 3.8) is 0 Å². The first-order chi connectivity index (χ1) is 5.27. The molecule has 4 heteroatoms. The molecule has 0 fully saturated rings. The zero-order valence-electron chi connectivity index (χ0n) is 5.34. The maximum Gasteiger partial charge on any atom is 0.184 e. The number of halogens is 2. The summed E-state index contributed by atoms with van der Waals surface area (Å²) in [6.07, 6.45) is 0. The summed E-state index contributed by atoms with van der Waals surface area (Å²) in [6, 6.07) is 5.93. The second-order valence-electron chi connectivity index (χ2n) is 2.05. The van der Waals surface area contributed by atoms with E-state index >= 15 is 0 Å². The normalized spacial score (nSPS) is 10.7. The van der Waals surface area contributed by atoms with E-state index < -0.39 is 0 Å². The van der Waals surface area contributed by atoms with Crippen molar-refractivity contribution < 1.29 is 0 Å². The summed E-state index contributed by atoms with van der Waals surface area (Å²) < 4.78 is 2.70. The Labute approximate surface area is 81.1 Å². The van der Waals surface area contributed by atoms with Crippen molar-refractivity contribution in [3.8, 4) is 0 Å². The fourth-order valence-corrected chi connectivity index (χ4v) is 2.53. The van der Waals surface area contributed by atoms with E-state index in [1.165, 1.54) is 11.3 Å².